The number of rotatable bonds is 6. The van der Waals surface area contributed by atoms with E-state index < -0.39 is 0 Å². The van der Waals surface area contributed by atoms with E-state index in [0.717, 1.165) is 25.3 Å². The summed E-state index contributed by atoms with van der Waals surface area (Å²) < 4.78 is 0. The monoisotopic (exact) mass is 295 g/mol. The molecule has 1 heterocycles. The molecule has 1 aliphatic rings. The van der Waals surface area contributed by atoms with E-state index in [2.05, 4.69) is 40.5 Å². The van der Waals surface area contributed by atoms with Crippen molar-refractivity contribution >= 4 is 5.69 Å². The van der Waals surface area contributed by atoms with Gasteiger partial charge in [-0.2, -0.15) is 0 Å². The maximum atomic E-state index is 5.79. The van der Waals surface area contributed by atoms with Crippen LogP contribution >= 0.6 is 0 Å². The minimum Gasteiger partial charge on any atom is -0.399 e. The van der Waals surface area contributed by atoms with Crippen LogP contribution in [0.2, 0.25) is 0 Å². The molecule has 22 heavy (non-hydrogen) atoms. The predicted octanol–water partition coefficient (Wildman–Crippen LogP) is 3.15. The van der Waals surface area contributed by atoms with Gasteiger partial charge in [-0.15, -0.1) is 0 Å². The lowest BCUT2D eigenvalue weighted by atomic mass is 10.1. The summed E-state index contributed by atoms with van der Waals surface area (Å²) in [7, 11) is 0. The molecule has 0 aliphatic carbocycles. The topological polar surface area (TPSA) is 41.3 Å². The van der Waals surface area contributed by atoms with E-state index in [4.69, 9.17) is 5.73 Å². The molecule has 0 spiro atoms. The first-order valence-corrected chi connectivity index (χ1v) is 8.15. The summed E-state index contributed by atoms with van der Waals surface area (Å²) in [5.74, 6) is 0. The van der Waals surface area contributed by atoms with E-state index in [1.807, 2.05) is 18.2 Å². The number of nitrogens with one attached hydrogen (secondary N) is 1. The van der Waals surface area contributed by atoms with Gasteiger partial charge in [0.15, 0.2) is 0 Å². The van der Waals surface area contributed by atoms with Gasteiger partial charge in [-0.05, 0) is 54.8 Å². The second-order valence-electron chi connectivity index (χ2n) is 6.15. The van der Waals surface area contributed by atoms with Gasteiger partial charge in [0.05, 0.1) is 0 Å². The molecule has 2 aromatic carbocycles. The fraction of sp³-hybridized carbons (Fsp3) is 0.368. The van der Waals surface area contributed by atoms with Gasteiger partial charge in [-0.3, -0.25) is 4.90 Å². The van der Waals surface area contributed by atoms with Crippen molar-refractivity contribution in [3.8, 4) is 0 Å². The number of benzene rings is 2. The van der Waals surface area contributed by atoms with E-state index in [-0.39, 0.29) is 0 Å². The molecule has 0 aromatic heterocycles. The third-order valence-electron chi connectivity index (χ3n) is 4.24. The van der Waals surface area contributed by atoms with E-state index in [0.29, 0.717) is 0 Å². The normalized spacial score (nSPS) is 15.3. The molecule has 1 saturated heterocycles. The van der Waals surface area contributed by atoms with Gasteiger partial charge in [-0.1, -0.05) is 36.4 Å². The van der Waals surface area contributed by atoms with Crippen LogP contribution in [0.1, 0.15) is 29.5 Å². The average molecular weight is 295 g/mol. The highest BCUT2D eigenvalue weighted by atomic mass is 15.1. The first kappa shape index (κ1) is 15.1. The number of nitrogens with two attached hydrogens (primary N) is 1. The zero-order valence-electron chi connectivity index (χ0n) is 13.1. The van der Waals surface area contributed by atoms with Crippen LogP contribution < -0.4 is 11.1 Å². The minimum absolute atomic E-state index is 0.825. The van der Waals surface area contributed by atoms with Crippen LogP contribution in [-0.4, -0.2) is 18.0 Å². The fourth-order valence-corrected chi connectivity index (χ4v) is 3.02. The van der Waals surface area contributed by atoms with Gasteiger partial charge in [-0.25, -0.2) is 0 Å². The van der Waals surface area contributed by atoms with Crippen LogP contribution in [-0.2, 0) is 19.6 Å². The summed E-state index contributed by atoms with van der Waals surface area (Å²) in [5.41, 5.74) is 10.6. The molecule has 0 amide bonds. The van der Waals surface area contributed by atoms with Crippen molar-refractivity contribution in [1.29, 1.82) is 0 Å². The Balaban J connectivity index is 1.46. The minimum atomic E-state index is 0.825. The maximum absolute atomic E-state index is 5.79. The summed E-state index contributed by atoms with van der Waals surface area (Å²) in [4.78, 5) is 2.53. The molecule has 0 atom stereocenters. The summed E-state index contributed by atoms with van der Waals surface area (Å²) >= 11 is 0. The Bertz CT molecular complexity index is 586. The molecule has 0 unspecified atom stereocenters. The van der Waals surface area contributed by atoms with E-state index in [9.17, 15) is 0 Å². The highest BCUT2D eigenvalue weighted by Gasteiger charge is 2.11. The molecule has 0 saturated carbocycles. The molecule has 3 N–H and O–H groups in total. The van der Waals surface area contributed by atoms with E-state index in [1.165, 1.54) is 42.6 Å². The Labute approximate surface area is 133 Å². The van der Waals surface area contributed by atoms with E-state index in [1.54, 1.807) is 0 Å². The van der Waals surface area contributed by atoms with Crippen LogP contribution in [0.15, 0.2) is 48.5 Å². The van der Waals surface area contributed by atoms with Crippen LogP contribution in [0, 0.1) is 0 Å². The van der Waals surface area contributed by atoms with Gasteiger partial charge >= 0.3 is 0 Å². The molecule has 1 fully saturated rings. The zero-order chi connectivity index (χ0) is 15.2. The SMILES string of the molecule is Nc1cccc(CNCc2ccc(CN3CCCC3)cc2)c1. The quantitative estimate of drug-likeness (QED) is 0.804. The molecule has 3 nitrogen and oxygen atoms in total. The highest BCUT2D eigenvalue weighted by molar-refractivity contribution is 5.40. The van der Waals surface area contributed by atoms with Gasteiger partial charge in [0.25, 0.3) is 0 Å². The van der Waals surface area contributed by atoms with Gasteiger partial charge < -0.3 is 11.1 Å². The summed E-state index contributed by atoms with van der Waals surface area (Å²) in [6.45, 7) is 5.34. The Kier molecular flexibility index (Phi) is 5.09. The molecule has 2 aromatic rings. The smallest absolute Gasteiger partial charge is 0.0317 e. The van der Waals surface area contributed by atoms with Crippen LogP contribution in [0.5, 0.6) is 0 Å². The lowest BCUT2D eigenvalue weighted by molar-refractivity contribution is 0.331. The summed E-state index contributed by atoms with van der Waals surface area (Å²) in [6.07, 6.45) is 2.71. The molecule has 116 valence electrons. The van der Waals surface area contributed by atoms with Crippen molar-refractivity contribution in [2.45, 2.75) is 32.5 Å². The third-order valence-corrected chi connectivity index (χ3v) is 4.24. The highest BCUT2D eigenvalue weighted by Crippen LogP contribution is 2.13. The maximum Gasteiger partial charge on any atom is 0.0317 e. The number of nitrogen functional groups attached to an aromatic ring is 1. The van der Waals surface area contributed by atoms with Crippen molar-refractivity contribution in [2.75, 3.05) is 18.8 Å². The van der Waals surface area contributed by atoms with Crippen molar-refractivity contribution in [1.82, 2.24) is 10.2 Å². The predicted molar refractivity (Wildman–Crippen MR) is 92.4 cm³/mol. The second kappa shape index (κ2) is 7.43. The lowest BCUT2D eigenvalue weighted by Crippen LogP contribution is -2.18. The van der Waals surface area contributed by atoms with Crippen molar-refractivity contribution in [3.05, 3.63) is 65.2 Å². The molecule has 0 radical (unpaired) electrons. The van der Waals surface area contributed by atoms with Gasteiger partial charge in [0, 0.05) is 25.3 Å². The fourth-order valence-electron chi connectivity index (χ4n) is 3.02. The second-order valence-corrected chi connectivity index (χ2v) is 6.15. The molecular formula is C19H25N3. The first-order valence-electron chi connectivity index (χ1n) is 8.15. The first-order chi connectivity index (χ1) is 10.8. The standard InChI is InChI=1S/C19H25N3/c20-19-5-3-4-18(12-19)14-21-13-16-6-8-17(9-7-16)15-22-10-1-2-11-22/h3-9,12,21H,1-2,10-11,13-15,20H2. The molecule has 0 bridgehead atoms. The molecule has 1 aliphatic heterocycles. The van der Waals surface area contributed by atoms with Crippen molar-refractivity contribution in [2.24, 2.45) is 0 Å². The lowest BCUT2D eigenvalue weighted by Gasteiger charge is -2.14. The number of nitrogens with zero attached hydrogens (tertiary/aromatic N) is 1. The van der Waals surface area contributed by atoms with Crippen LogP contribution in [0.3, 0.4) is 0 Å². The van der Waals surface area contributed by atoms with Crippen LogP contribution in [0.4, 0.5) is 5.69 Å². The Hall–Kier alpha value is -1.84. The molecular weight excluding hydrogens is 270 g/mol. The summed E-state index contributed by atoms with van der Waals surface area (Å²) in [5, 5.41) is 3.47. The van der Waals surface area contributed by atoms with E-state index >= 15 is 0 Å². The number of hydrogen-bond donors (Lipinski definition) is 2. The summed E-state index contributed by atoms with van der Waals surface area (Å²) in [6, 6.07) is 17.0. The number of likely N-dealkylation sites (tertiary alicyclic amines) is 1. The van der Waals surface area contributed by atoms with Crippen LogP contribution in [0.25, 0.3) is 0 Å². The van der Waals surface area contributed by atoms with Gasteiger partial charge in [0.2, 0.25) is 0 Å². The molecule has 3 rings (SSSR count). The average Bonchev–Trinajstić information content (AvgIpc) is 3.02. The largest absolute Gasteiger partial charge is 0.399 e. The van der Waals surface area contributed by atoms with Crippen molar-refractivity contribution < 1.29 is 0 Å². The Morgan fingerprint density at radius 2 is 1.55 bits per heavy atom. The van der Waals surface area contributed by atoms with Crippen molar-refractivity contribution in [3.63, 3.8) is 0 Å². The number of hydrogen-bond acceptors (Lipinski definition) is 3. The van der Waals surface area contributed by atoms with Gasteiger partial charge in [0.1, 0.15) is 0 Å². The third kappa shape index (κ3) is 4.33. The Morgan fingerprint density at radius 3 is 2.27 bits per heavy atom. The zero-order valence-corrected chi connectivity index (χ0v) is 13.1. The number of anilines is 1. The Morgan fingerprint density at radius 1 is 0.864 bits per heavy atom. The molecule has 3 heteroatoms.